The van der Waals surface area contributed by atoms with Crippen molar-refractivity contribution < 1.29 is 14.6 Å². The molecule has 124 valence electrons. The molecule has 0 fully saturated rings. The Morgan fingerprint density at radius 2 is 2.21 bits per heavy atom. The number of aromatic nitrogens is 3. The van der Waals surface area contributed by atoms with Crippen molar-refractivity contribution in [3.8, 4) is 5.75 Å². The summed E-state index contributed by atoms with van der Waals surface area (Å²) in [6, 6.07) is 8.82. The molecule has 3 rings (SSSR count). The Hall–Kier alpha value is -2.80. The fourth-order valence-electron chi connectivity index (χ4n) is 2.34. The Labute approximate surface area is 142 Å². The number of ether oxygens (including phenoxy) is 1. The molecular formula is C16H15ClN4O3. The van der Waals surface area contributed by atoms with Crippen LogP contribution in [0.3, 0.4) is 0 Å². The van der Waals surface area contributed by atoms with Gasteiger partial charge in [-0.15, -0.1) is 5.10 Å². The van der Waals surface area contributed by atoms with E-state index >= 15 is 0 Å². The third kappa shape index (κ3) is 3.11. The van der Waals surface area contributed by atoms with Gasteiger partial charge in [-0.2, -0.15) is 4.98 Å². The van der Waals surface area contributed by atoms with Crippen LogP contribution in [0.1, 0.15) is 28.9 Å². The van der Waals surface area contributed by atoms with Gasteiger partial charge in [-0.1, -0.05) is 23.7 Å². The summed E-state index contributed by atoms with van der Waals surface area (Å²) in [7, 11) is 1.46. The second-order valence-corrected chi connectivity index (χ2v) is 5.66. The van der Waals surface area contributed by atoms with Crippen LogP contribution >= 0.6 is 11.6 Å². The van der Waals surface area contributed by atoms with Crippen molar-refractivity contribution in [3.63, 3.8) is 0 Å². The summed E-state index contributed by atoms with van der Waals surface area (Å²) in [5.74, 6) is -0.360. The molecule has 2 N–H and O–H groups in total. The quantitative estimate of drug-likeness (QED) is 0.737. The Balaban J connectivity index is 1.94. The number of carboxylic acids is 1. The predicted molar refractivity (Wildman–Crippen MR) is 90.0 cm³/mol. The first-order valence-corrected chi connectivity index (χ1v) is 7.55. The molecular weight excluding hydrogens is 332 g/mol. The van der Waals surface area contributed by atoms with Crippen molar-refractivity contribution in [3.05, 3.63) is 52.7 Å². The van der Waals surface area contributed by atoms with Crippen LogP contribution in [-0.4, -0.2) is 32.8 Å². The van der Waals surface area contributed by atoms with Gasteiger partial charge < -0.3 is 15.2 Å². The zero-order valence-electron chi connectivity index (χ0n) is 13.0. The van der Waals surface area contributed by atoms with Crippen molar-refractivity contribution in [2.24, 2.45) is 0 Å². The molecule has 1 atom stereocenters. The number of fused-ring (bicyclic) bond motifs is 1. The molecule has 7 nitrogen and oxygen atoms in total. The molecule has 0 spiro atoms. The van der Waals surface area contributed by atoms with Crippen LogP contribution in [0.2, 0.25) is 5.02 Å². The van der Waals surface area contributed by atoms with Gasteiger partial charge in [0.15, 0.2) is 11.4 Å². The largest absolute Gasteiger partial charge is 0.493 e. The Kier molecular flexibility index (Phi) is 4.26. The number of carboxylic acid groups (broad SMARTS) is 1. The number of hydrogen-bond acceptors (Lipinski definition) is 5. The molecule has 1 aromatic carbocycles. The molecule has 0 aliphatic carbocycles. The lowest BCUT2D eigenvalue weighted by Gasteiger charge is -2.12. The summed E-state index contributed by atoms with van der Waals surface area (Å²) in [5.41, 5.74) is 1.49. The number of rotatable bonds is 5. The second-order valence-electron chi connectivity index (χ2n) is 5.23. The number of pyridine rings is 1. The number of aromatic carboxylic acids is 1. The number of hydrogen-bond donors (Lipinski definition) is 2. The molecule has 0 saturated carbocycles. The van der Waals surface area contributed by atoms with E-state index in [4.69, 9.17) is 21.4 Å². The number of nitrogens with zero attached hydrogens (tertiary/aromatic N) is 3. The van der Waals surface area contributed by atoms with E-state index in [1.54, 1.807) is 6.07 Å². The first-order valence-electron chi connectivity index (χ1n) is 7.17. The Morgan fingerprint density at radius 1 is 1.42 bits per heavy atom. The number of nitrogens with one attached hydrogen (secondary N) is 1. The first-order chi connectivity index (χ1) is 11.5. The highest BCUT2D eigenvalue weighted by Crippen LogP contribution is 2.24. The number of anilines is 1. The van der Waals surface area contributed by atoms with Crippen molar-refractivity contribution in [1.29, 1.82) is 0 Å². The van der Waals surface area contributed by atoms with Crippen LogP contribution in [0.4, 0.5) is 5.95 Å². The molecule has 0 amide bonds. The van der Waals surface area contributed by atoms with E-state index in [1.165, 1.54) is 23.9 Å². The highest BCUT2D eigenvalue weighted by Gasteiger charge is 2.15. The highest BCUT2D eigenvalue weighted by atomic mass is 35.5. The minimum Gasteiger partial charge on any atom is -0.493 e. The molecule has 0 radical (unpaired) electrons. The standard InChI is InChI=1S/C16H15ClN4O3/c1-9(10-4-3-5-12(17)6-10)18-16-19-14-13(24-2)7-11(15(22)23)8-21(14)20-16/h3-9H,1-2H3,(H,18,20)(H,22,23)/t9-/m1/s1. The van der Waals surface area contributed by atoms with Gasteiger partial charge in [0.1, 0.15) is 0 Å². The minimum absolute atomic E-state index is 0.0682. The number of benzene rings is 1. The topological polar surface area (TPSA) is 88.8 Å². The lowest BCUT2D eigenvalue weighted by molar-refractivity contribution is 0.0695. The third-order valence-electron chi connectivity index (χ3n) is 3.56. The van der Waals surface area contributed by atoms with E-state index in [2.05, 4.69) is 15.4 Å². The van der Waals surface area contributed by atoms with Gasteiger partial charge in [-0.25, -0.2) is 9.31 Å². The van der Waals surface area contributed by atoms with E-state index in [0.29, 0.717) is 22.4 Å². The van der Waals surface area contributed by atoms with Gasteiger partial charge in [0, 0.05) is 17.3 Å². The van der Waals surface area contributed by atoms with Gasteiger partial charge >= 0.3 is 5.97 Å². The summed E-state index contributed by atoms with van der Waals surface area (Å²) in [5, 5.41) is 17.2. The smallest absolute Gasteiger partial charge is 0.337 e. The van der Waals surface area contributed by atoms with E-state index < -0.39 is 5.97 Å². The molecule has 0 aliphatic rings. The van der Waals surface area contributed by atoms with E-state index in [-0.39, 0.29) is 11.6 Å². The lowest BCUT2D eigenvalue weighted by atomic mass is 10.1. The van der Waals surface area contributed by atoms with Gasteiger partial charge in [-0.3, -0.25) is 0 Å². The third-order valence-corrected chi connectivity index (χ3v) is 3.80. The van der Waals surface area contributed by atoms with Crippen molar-refractivity contribution in [2.45, 2.75) is 13.0 Å². The van der Waals surface area contributed by atoms with Gasteiger partial charge in [0.05, 0.1) is 18.7 Å². The molecule has 0 bridgehead atoms. The maximum absolute atomic E-state index is 11.2. The van der Waals surface area contributed by atoms with E-state index in [0.717, 1.165) is 5.56 Å². The minimum atomic E-state index is -1.06. The summed E-state index contributed by atoms with van der Waals surface area (Å²) in [4.78, 5) is 15.5. The highest BCUT2D eigenvalue weighted by molar-refractivity contribution is 6.30. The number of halogens is 1. The number of carbonyl (C=O) groups is 1. The van der Waals surface area contributed by atoms with Crippen LogP contribution in [0, 0.1) is 0 Å². The van der Waals surface area contributed by atoms with Gasteiger partial charge in [-0.05, 0) is 24.6 Å². The van der Waals surface area contributed by atoms with Crippen LogP contribution in [0.15, 0.2) is 36.5 Å². The fraction of sp³-hybridized carbons (Fsp3) is 0.188. The van der Waals surface area contributed by atoms with Crippen LogP contribution in [-0.2, 0) is 0 Å². The molecule has 24 heavy (non-hydrogen) atoms. The Bertz CT molecular complexity index is 909. The normalized spacial score (nSPS) is 12.1. The summed E-state index contributed by atoms with van der Waals surface area (Å²) in [6.07, 6.45) is 1.39. The molecule has 0 aliphatic heterocycles. The van der Waals surface area contributed by atoms with Crippen molar-refractivity contribution in [1.82, 2.24) is 14.6 Å². The fourth-order valence-corrected chi connectivity index (χ4v) is 2.54. The maximum atomic E-state index is 11.2. The average Bonchev–Trinajstić information content (AvgIpc) is 2.96. The van der Waals surface area contributed by atoms with E-state index in [1.807, 2.05) is 25.1 Å². The zero-order chi connectivity index (χ0) is 17.3. The van der Waals surface area contributed by atoms with Gasteiger partial charge in [0.25, 0.3) is 0 Å². The SMILES string of the molecule is COc1cc(C(=O)O)cn2nc(N[C@H](C)c3cccc(Cl)c3)nc12. The molecule has 2 aromatic heterocycles. The summed E-state index contributed by atoms with van der Waals surface area (Å²) in [6.45, 7) is 1.96. The second kappa shape index (κ2) is 6.37. The van der Waals surface area contributed by atoms with E-state index in [9.17, 15) is 4.79 Å². The van der Waals surface area contributed by atoms with Crippen molar-refractivity contribution >= 4 is 29.2 Å². The molecule has 2 heterocycles. The van der Waals surface area contributed by atoms with Gasteiger partial charge in [0.2, 0.25) is 5.95 Å². The van der Waals surface area contributed by atoms with Crippen LogP contribution in [0.5, 0.6) is 5.75 Å². The zero-order valence-corrected chi connectivity index (χ0v) is 13.8. The first kappa shape index (κ1) is 16.1. The summed E-state index contributed by atoms with van der Waals surface area (Å²) < 4.78 is 6.59. The van der Waals surface area contributed by atoms with Crippen LogP contribution < -0.4 is 10.1 Å². The number of methoxy groups -OCH3 is 1. The monoisotopic (exact) mass is 346 g/mol. The predicted octanol–water partition coefficient (Wildman–Crippen LogP) is 3.26. The molecule has 0 unspecified atom stereocenters. The van der Waals surface area contributed by atoms with Crippen LogP contribution in [0.25, 0.3) is 5.65 Å². The lowest BCUT2D eigenvalue weighted by Crippen LogP contribution is -2.08. The summed E-state index contributed by atoms with van der Waals surface area (Å²) >= 11 is 6.01. The van der Waals surface area contributed by atoms with Crippen molar-refractivity contribution in [2.75, 3.05) is 12.4 Å². The molecule has 3 aromatic rings. The molecule has 0 saturated heterocycles. The molecule has 8 heteroatoms. The Morgan fingerprint density at radius 3 is 2.88 bits per heavy atom. The maximum Gasteiger partial charge on any atom is 0.337 e. The average molecular weight is 347 g/mol.